The van der Waals surface area contributed by atoms with E-state index in [9.17, 15) is 15.2 Å². The summed E-state index contributed by atoms with van der Waals surface area (Å²) in [6, 6.07) is 5.89. The van der Waals surface area contributed by atoms with Crippen molar-refractivity contribution in [2.45, 2.75) is 17.6 Å². The second kappa shape index (κ2) is 6.24. The van der Waals surface area contributed by atoms with Gasteiger partial charge >= 0.3 is 5.97 Å². The average Bonchev–Trinajstić information content (AvgIpc) is 3.02. The van der Waals surface area contributed by atoms with Crippen molar-refractivity contribution in [3.63, 3.8) is 0 Å². The van der Waals surface area contributed by atoms with E-state index in [0.717, 1.165) is 21.3 Å². The van der Waals surface area contributed by atoms with Crippen molar-refractivity contribution in [3.05, 3.63) is 28.0 Å². The highest BCUT2D eigenvalue weighted by atomic mass is 32.2. The van der Waals surface area contributed by atoms with E-state index in [1.54, 1.807) is 11.8 Å². The van der Waals surface area contributed by atoms with Gasteiger partial charge in [-0.15, -0.1) is 34.4 Å². The van der Waals surface area contributed by atoms with E-state index in [1.807, 2.05) is 17.5 Å². The standard InChI is InChI=1S/C13H11NO2S3/c1-2-5-18-13-8(7-14)10(9-4-3-6-17-9)11(19-13)12(15)16/h3-4,6H,2,5H2,1H3,(H,15,16). The number of carbonyl (C=O) groups is 1. The van der Waals surface area contributed by atoms with E-state index in [0.29, 0.717) is 11.1 Å². The van der Waals surface area contributed by atoms with Crippen LogP contribution >= 0.6 is 34.4 Å². The van der Waals surface area contributed by atoms with Crippen LogP contribution in [-0.2, 0) is 0 Å². The highest BCUT2D eigenvalue weighted by molar-refractivity contribution is 8.01. The SMILES string of the molecule is CCCSc1sc(C(=O)O)c(-c2cccs2)c1C#N. The molecule has 0 aromatic carbocycles. The van der Waals surface area contributed by atoms with Gasteiger partial charge in [0.05, 0.1) is 9.77 Å². The van der Waals surface area contributed by atoms with Crippen molar-refractivity contribution < 1.29 is 9.90 Å². The van der Waals surface area contributed by atoms with Crippen LogP contribution in [-0.4, -0.2) is 16.8 Å². The molecule has 2 aromatic heterocycles. The van der Waals surface area contributed by atoms with E-state index in [2.05, 4.69) is 13.0 Å². The predicted molar refractivity (Wildman–Crippen MR) is 80.3 cm³/mol. The van der Waals surface area contributed by atoms with E-state index in [1.165, 1.54) is 22.7 Å². The van der Waals surface area contributed by atoms with Crippen LogP contribution in [0.3, 0.4) is 0 Å². The van der Waals surface area contributed by atoms with Crippen LogP contribution in [0, 0.1) is 11.3 Å². The number of hydrogen-bond acceptors (Lipinski definition) is 5. The third kappa shape index (κ3) is 2.84. The van der Waals surface area contributed by atoms with Gasteiger partial charge in [-0.3, -0.25) is 0 Å². The minimum absolute atomic E-state index is 0.262. The molecule has 0 unspecified atom stereocenters. The Bertz CT molecular complexity index is 623. The van der Waals surface area contributed by atoms with Gasteiger partial charge in [0.15, 0.2) is 0 Å². The molecule has 98 valence electrons. The molecule has 0 saturated heterocycles. The van der Waals surface area contributed by atoms with Gasteiger partial charge in [0.2, 0.25) is 0 Å². The maximum absolute atomic E-state index is 11.4. The number of rotatable bonds is 5. The topological polar surface area (TPSA) is 61.1 Å². The Morgan fingerprint density at radius 3 is 2.89 bits per heavy atom. The fourth-order valence-electron chi connectivity index (χ4n) is 1.61. The minimum Gasteiger partial charge on any atom is -0.477 e. The smallest absolute Gasteiger partial charge is 0.346 e. The fourth-order valence-corrected chi connectivity index (χ4v) is 4.72. The van der Waals surface area contributed by atoms with Crippen LogP contribution in [0.25, 0.3) is 10.4 Å². The van der Waals surface area contributed by atoms with Crippen molar-refractivity contribution in [2.75, 3.05) is 5.75 Å². The molecule has 0 amide bonds. The quantitative estimate of drug-likeness (QED) is 0.823. The normalized spacial score (nSPS) is 10.3. The predicted octanol–water partition coefficient (Wildman–Crippen LogP) is 4.55. The Balaban J connectivity index is 2.59. The first-order valence-corrected chi connectivity index (χ1v) is 8.34. The number of thiophene rings is 2. The molecule has 2 heterocycles. The molecule has 1 N–H and O–H groups in total. The molecule has 0 aliphatic carbocycles. The molecular weight excluding hydrogens is 298 g/mol. The Morgan fingerprint density at radius 1 is 1.58 bits per heavy atom. The minimum atomic E-state index is -0.965. The van der Waals surface area contributed by atoms with Gasteiger partial charge in [0, 0.05) is 10.4 Å². The number of carboxylic acid groups (broad SMARTS) is 1. The summed E-state index contributed by atoms with van der Waals surface area (Å²) < 4.78 is 0.810. The summed E-state index contributed by atoms with van der Waals surface area (Å²) in [5.41, 5.74) is 1.08. The molecule has 0 spiro atoms. The molecule has 0 bridgehead atoms. The molecule has 0 atom stereocenters. The van der Waals surface area contributed by atoms with Gasteiger partial charge in [-0.2, -0.15) is 5.26 Å². The zero-order chi connectivity index (χ0) is 13.8. The van der Waals surface area contributed by atoms with Crippen molar-refractivity contribution >= 4 is 40.4 Å². The van der Waals surface area contributed by atoms with Crippen molar-refractivity contribution in [2.24, 2.45) is 0 Å². The van der Waals surface area contributed by atoms with Crippen LogP contribution in [0.5, 0.6) is 0 Å². The lowest BCUT2D eigenvalue weighted by Crippen LogP contribution is -1.94. The summed E-state index contributed by atoms with van der Waals surface area (Å²) in [7, 11) is 0. The number of carboxylic acids is 1. The van der Waals surface area contributed by atoms with Gasteiger partial charge < -0.3 is 5.11 Å². The maximum Gasteiger partial charge on any atom is 0.346 e. The Kier molecular flexibility index (Phi) is 4.64. The number of nitriles is 1. The summed E-state index contributed by atoms with van der Waals surface area (Å²) in [4.78, 5) is 12.5. The van der Waals surface area contributed by atoms with Gasteiger partial charge in [0.1, 0.15) is 10.9 Å². The first-order valence-electron chi connectivity index (χ1n) is 5.65. The molecule has 0 radical (unpaired) electrons. The Hall–Kier alpha value is -1.29. The first-order chi connectivity index (χ1) is 9.19. The zero-order valence-corrected chi connectivity index (χ0v) is 12.6. The number of thioether (sulfide) groups is 1. The second-order valence-electron chi connectivity index (χ2n) is 3.71. The van der Waals surface area contributed by atoms with E-state index in [4.69, 9.17) is 0 Å². The van der Waals surface area contributed by atoms with Crippen molar-refractivity contribution in [1.29, 1.82) is 5.26 Å². The summed E-state index contributed by atoms with van der Waals surface area (Å²) in [6.07, 6.45) is 0.990. The van der Waals surface area contributed by atoms with Gasteiger partial charge in [-0.25, -0.2) is 4.79 Å². The molecule has 0 fully saturated rings. The fraction of sp³-hybridized carbons (Fsp3) is 0.231. The third-order valence-corrected chi connectivity index (χ3v) is 5.93. The lowest BCUT2D eigenvalue weighted by atomic mass is 10.1. The van der Waals surface area contributed by atoms with Crippen LogP contribution in [0.2, 0.25) is 0 Å². The van der Waals surface area contributed by atoms with Crippen LogP contribution in [0.4, 0.5) is 0 Å². The second-order valence-corrected chi connectivity index (χ2v) is 7.04. The van der Waals surface area contributed by atoms with E-state index in [-0.39, 0.29) is 4.88 Å². The monoisotopic (exact) mass is 309 g/mol. The molecule has 2 rings (SSSR count). The number of hydrogen-bond donors (Lipinski definition) is 1. The summed E-state index contributed by atoms with van der Waals surface area (Å²) >= 11 is 4.22. The molecular formula is C13H11NO2S3. The van der Waals surface area contributed by atoms with E-state index >= 15 is 0 Å². The number of nitrogens with zero attached hydrogens (tertiary/aromatic N) is 1. The highest BCUT2D eigenvalue weighted by Crippen LogP contribution is 2.43. The van der Waals surface area contributed by atoms with Crippen molar-refractivity contribution in [3.8, 4) is 16.5 Å². The molecule has 19 heavy (non-hydrogen) atoms. The largest absolute Gasteiger partial charge is 0.477 e. The van der Waals surface area contributed by atoms with Crippen LogP contribution in [0.15, 0.2) is 21.7 Å². The molecule has 6 heteroatoms. The van der Waals surface area contributed by atoms with Gasteiger partial charge in [-0.1, -0.05) is 13.0 Å². The summed E-state index contributed by atoms with van der Waals surface area (Å²) in [6.45, 7) is 2.06. The van der Waals surface area contributed by atoms with Gasteiger partial charge in [0.25, 0.3) is 0 Å². The first kappa shape index (κ1) is 14.1. The summed E-state index contributed by atoms with van der Waals surface area (Å²) in [5.74, 6) is -0.0775. The van der Waals surface area contributed by atoms with Crippen molar-refractivity contribution in [1.82, 2.24) is 0 Å². The van der Waals surface area contributed by atoms with Crippen LogP contribution < -0.4 is 0 Å². The lowest BCUT2D eigenvalue weighted by molar-refractivity contribution is 0.0703. The Labute approximate surface area is 123 Å². The molecule has 3 nitrogen and oxygen atoms in total. The summed E-state index contributed by atoms with van der Waals surface area (Å²) in [5, 5.41) is 20.6. The molecule has 0 saturated carbocycles. The third-order valence-electron chi connectivity index (χ3n) is 2.39. The zero-order valence-electron chi connectivity index (χ0n) is 10.2. The molecule has 2 aromatic rings. The lowest BCUT2D eigenvalue weighted by Gasteiger charge is -1.98. The number of aromatic carboxylic acids is 1. The van der Waals surface area contributed by atoms with Crippen LogP contribution in [0.1, 0.15) is 28.6 Å². The molecule has 0 aliphatic rings. The highest BCUT2D eigenvalue weighted by Gasteiger charge is 2.24. The van der Waals surface area contributed by atoms with E-state index < -0.39 is 5.97 Å². The molecule has 0 aliphatic heterocycles. The van der Waals surface area contributed by atoms with Gasteiger partial charge in [-0.05, 0) is 23.6 Å². The average molecular weight is 309 g/mol. The Morgan fingerprint density at radius 2 is 2.37 bits per heavy atom. The maximum atomic E-state index is 11.4.